The molecule has 0 aliphatic heterocycles. The minimum atomic E-state index is 0.752. The van der Waals surface area contributed by atoms with Gasteiger partial charge >= 0.3 is 0 Å². The molecular weight excluding hydrogens is 192 g/mol. The molecule has 0 saturated heterocycles. The van der Waals surface area contributed by atoms with Gasteiger partial charge in [-0.2, -0.15) is 0 Å². The van der Waals surface area contributed by atoms with Crippen molar-refractivity contribution in [3.63, 3.8) is 0 Å². The van der Waals surface area contributed by atoms with Gasteiger partial charge in [-0.1, -0.05) is 37.9 Å². The van der Waals surface area contributed by atoms with Gasteiger partial charge in [0.1, 0.15) is 0 Å². The van der Waals surface area contributed by atoms with Crippen LogP contribution in [0, 0.1) is 0 Å². The smallest absolute Gasteiger partial charge is 0.165 e. The third-order valence-electron chi connectivity index (χ3n) is 2.90. The predicted octanol–water partition coefficient (Wildman–Crippen LogP) is 3.57. The highest BCUT2D eigenvalue weighted by molar-refractivity contribution is 7.99. The Morgan fingerprint density at radius 1 is 1.43 bits per heavy atom. The monoisotopic (exact) mass is 210 g/mol. The molecule has 0 atom stereocenters. The van der Waals surface area contributed by atoms with Crippen LogP contribution < -0.4 is 0 Å². The fraction of sp³-hybridized carbons (Fsp3) is 0.727. The van der Waals surface area contributed by atoms with Crippen LogP contribution in [0.15, 0.2) is 11.4 Å². The Kier molecular flexibility index (Phi) is 3.51. The van der Waals surface area contributed by atoms with Crippen LogP contribution in [0.3, 0.4) is 0 Å². The van der Waals surface area contributed by atoms with Crippen LogP contribution in [0.5, 0.6) is 0 Å². The third kappa shape index (κ3) is 2.32. The van der Waals surface area contributed by atoms with Crippen molar-refractivity contribution in [1.29, 1.82) is 0 Å². The Labute approximate surface area is 89.9 Å². The molecular formula is C11H18N2S. The molecule has 1 aromatic rings. The van der Waals surface area contributed by atoms with Gasteiger partial charge in [0.2, 0.25) is 0 Å². The summed E-state index contributed by atoms with van der Waals surface area (Å²) in [5, 5.41) is 1.09. The Morgan fingerprint density at radius 2 is 2.21 bits per heavy atom. The van der Waals surface area contributed by atoms with E-state index >= 15 is 0 Å². The molecule has 1 saturated carbocycles. The first-order valence-electron chi connectivity index (χ1n) is 5.58. The molecule has 0 spiro atoms. The fourth-order valence-corrected chi connectivity index (χ4v) is 2.74. The molecule has 1 fully saturated rings. The zero-order valence-electron chi connectivity index (χ0n) is 8.75. The number of H-pyrrole nitrogens is 1. The summed E-state index contributed by atoms with van der Waals surface area (Å²) in [6.45, 7) is 2.16. The molecule has 3 heteroatoms. The van der Waals surface area contributed by atoms with Crippen molar-refractivity contribution in [1.82, 2.24) is 9.97 Å². The highest BCUT2D eigenvalue weighted by Gasteiger charge is 2.17. The molecule has 1 aromatic heterocycles. The van der Waals surface area contributed by atoms with Crippen molar-refractivity contribution in [2.75, 3.05) is 5.75 Å². The Bertz CT molecular complexity index is 277. The average Bonchev–Trinajstić information content (AvgIpc) is 2.68. The van der Waals surface area contributed by atoms with Gasteiger partial charge in [-0.3, -0.25) is 0 Å². The average molecular weight is 210 g/mol. The molecule has 0 aromatic carbocycles. The van der Waals surface area contributed by atoms with Gasteiger partial charge in [-0.15, -0.1) is 0 Å². The molecule has 2 rings (SSSR count). The van der Waals surface area contributed by atoms with Crippen molar-refractivity contribution in [3.05, 3.63) is 11.9 Å². The maximum atomic E-state index is 4.39. The molecule has 14 heavy (non-hydrogen) atoms. The molecule has 1 aliphatic rings. The lowest BCUT2D eigenvalue weighted by Gasteiger charge is -2.19. The second kappa shape index (κ2) is 4.87. The van der Waals surface area contributed by atoms with Crippen LogP contribution in [-0.2, 0) is 0 Å². The number of thioether (sulfide) groups is 1. The summed E-state index contributed by atoms with van der Waals surface area (Å²) < 4.78 is 0. The van der Waals surface area contributed by atoms with Crippen molar-refractivity contribution in [2.45, 2.75) is 50.1 Å². The maximum absolute atomic E-state index is 4.39. The molecule has 78 valence electrons. The molecule has 0 bridgehead atoms. The van der Waals surface area contributed by atoms with Crippen molar-refractivity contribution in [3.8, 4) is 0 Å². The SMILES string of the molecule is CCSc1ncc(C2CCCCC2)[nH]1. The van der Waals surface area contributed by atoms with Crippen molar-refractivity contribution >= 4 is 11.8 Å². The quantitative estimate of drug-likeness (QED) is 0.773. The standard InChI is InChI=1S/C11H18N2S/c1-2-14-11-12-8-10(13-11)9-6-4-3-5-7-9/h8-9H,2-7H2,1H3,(H,12,13). The number of aromatic amines is 1. The Hall–Kier alpha value is -0.440. The summed E-state index contributed by atoms with van der Waals surface area (Å²) in [4.78, 5) is 7.82. The number of rotatable bonds is 3. The molecule has 0 radical (unpaired) electrons. The largest absolute Gasteiger partial charge is 0.337 e. The number of nitrogens with zero attached hydrogens (tertiary/aromatic N) is 1. The zero-order chi connectivity index (χ0) is 9.80. The van der Waals surface area contributed by atoms with E-state index in [1.165, 1.54) is 37.8 Å². The van der Waals surface area contributed by atoms with E-state index in [0.29, 0.717) is 0 Å². The lowest BCUT2D eigenvalue weighted by molar-refractivity contribution is 0.437. The summed E-state index contributed by atoms with van der Waals surface area (Å²) in [5.41, 5.74) is 1.36. The third-order valence-corrected chi connectivity index (χ3v) is 3.67. The predicted molar refractivity (Wildman–Crippen MR) is 60.8 cm³/mol. The van der Waals surface area contributed by atoms with Crippen LogP contribution in [-0.4, -0.2) is 15.7 Å². The number of nitrogens with one attached hydrogen (secondary N) is 1. The van der Waals surface area contributed by atoms with E-state index in [4.69, 9.17) is 0 Å². The van der Waals surface area contributed by atoms with E-state index in [1.54, 1.807) is 11.8 Å². The molecule has 1 aliphatic carbocycles. The van der Waals surface area contributed by atoms with Crippen LogP contribution in [0.25, 0.3) is 0 Å². The fourth-order valence-electron chi connectivity index (χ4n) is 2.15. The second-order valence-electron chi connectivity index (χ2n) is 3.91. The first kappa shape index (κ1) is 10.1. The lowest BCUT2D eigenvalue weighted by atomic mass is 9.87. The van der Waals surface area contributed by atoms with Crippen LogP contribution in [0.4, 0.5) is 0 Å². The second-order valence-corrected chi connectivity index (χ2v) is 5.16. The van der Waals surface area contributed by atoms with Gasteiger partial charge in [0.15, 0.2) is 5.16 Å². The summed E-state index contributed by atoms with van der Waals surface area (Å²) in [7, 11) is 0. The van der Waals surface area contributed by atoms with Gasteiger partial charge in [0.25, 0.3) is 0 Å². The highest BCUT2D eigenvalue weighted by Crippen LogP contribution is 2.32. The number of aromatic nitrogens is 2. The number of imidazole rings is 1. The van der Waals surface area contributed by atoms with Crippen molar-refractivity contribution < 1.29 is 0 Å². The van der Waals surface area contributed by atoms with E-state index in [9.17, 15) is 0 Å². The minimum Gasteiger partial charge on any atom is -0.337 e. The van der Waals surface area contributed by atoms with Gasteiger partial charge in [0.05, 0.1) is 0 Å². The molecule has 0 amide bonds. The molecule has 1 heterocycles. The number of hydrogen-bond acceptors (Lipinski definition) is 2. The first-order valence-corrected chi connectivity index (χ1v) is 6.56. The zero-order valence-corrected chi connectivity index (χ0v) is 9.57. The minimum absolute atomic E-state index is 0.752. The van der Waals surface area contributed by atoms with Gasteiger partial charge < -0.3 is 4.98 Å². The van der Waals surface area contributed by atoms with Crippen LogP contribution in [0.1, 0.15) is 50.6 Å². The topological polar surface area (TPSA) is 28.7 Å². The summed E-state index contributed by atoms with van der Waals surface area (Å²) in [5.74, 6) is 1.85. The number of hydrogen-bond donors (Lipinski definition) is 1. The Morgan fingerprint density at radius 3 is 2.93 bits per heavy atom. The summed E-state index contributed by atoms with van der Waals surface area (Å²) >= 11 is 1.79. The molecule has 0 unspecified atom stereocenters. The van der Waals surface area contributed by atoms with E-state index in [0.717, 1.165) is 16.8 Å². The Balaban J connectivity index is 2.00. The maximum Gasteiger partial charge on any atom is 0.165 e. The molecule has 1 N–H and O–H groups in total. The van der Waals surface area contributed by atoms with Crippen molar-refractivity contribution in [2.24, 2.45) is 0 Å². The van der Waals surface area contributed by atoms with E-state index < -0.39 is 0 Å². The van der Waals surface area contributed by atoms with Gasteiger partial charge in [0, 0.05) is 17.8 Å². The summed E-state index contributed by atoms with van der Waals surface area (Å²) in [6, 6.07) is 0. The molecule has 2 nitrogen and oxygen atoms in total. The van der Waals surface area contributed by atoms with Crippen LogP contribution in [0.2, 0.25) is 0 Å². The first-order chi connectivity index (χ1) is 6.90. The van der Waals surface area contributed by atoms with E-state index in [2.05, 4.69) is 16.9 Å². The van der Waals surface area contributed by atoms with Gasteiger partial charge in [-0.25, -0.2) is 4.98 Å². The summed E-state index contributed by atoms with van der Waals surface area (Å²) in [6.07, 6.45) is 8.92. The van der Waals surface area contributed by atoms with Gasteiger partial charge in [-0.05, 0) is 18.6 Å². The van der Waals surface area contributed by atoms with Crippen LogP contribution >= 0.6 is 11.8 Å². The highest BCUT2D eigenvalue weighted by atomic mass is 32.2. The van der Waals surface area contributed by atoms with E-state index in [-0.39, 0.29) is 0 Å². The lowest BCUT2D eigenvalue weighted by Crippen LogP contribution is -2.04. The normalized spacial score (nSPS) is 18.6. The van der Waals surface area contributed by atoms with E-state index in [1.807, 2.05) is 6.20 Å².